The lowest BCUT2D eigenvalue weighted by atomic mass is 10.2. The number of carbonyl (C=O) groups is 2. The van der Waals surface area contributed by atoms with Gasteiger partial charge in [0.15, 0.2) is 0 Å². The highest BCUT2D eigenvalue weighted by Gasteiger charge is 2.18. The van der Waals surface area contributed by atoms with Gasteiger partial charge in [0.1, 0.15) is 5.75 Å². The Morgan fingerprint density at radius 3 is 2.38 bits per heavy atom. The van der Waals surface area contributed by atoms with Gasteiger partial charge in [0.2, 0.25) is 15.9 Å². The number of sulfonamides is 1. The van der Waals surface area contributed by atoms with E-state index in [0.717, 1.165) is 15.6 Å². The molecule has 0 aliphatic carbocycles. The smallest absolute Gasteiger partial charge is 0.269 e. The summed E-state index contributed by atoms with van der Waals surface area (Å²) in [7, 11) is -0.837. The zero-order valence-corrected chi connectivity index (χ0v) is 17.5. The summed E-state index contributed by atoms with van der Waals surface area (Å²) in [4.78, 5) is 24.0. The summed E-state index contributed by atoms with van der Waals surface area (Å²) >= 11 is 0. The van der Waals surface area contributed by atoms with Gasteiger partial charge in [0, 0.05) is 26.1 Å². The van der Waals surface area contributed by atoms with Crippen LogP contribution >= 0.6 is 0 Å². The third kappa shape index (κ3) is 6.58. The maximum atomic E-state index is 12.2. The zero-order valence-electron chi connectivity index (χ0n) is 16.6. The van der Waals surface area contributed by atoms with Crippen LogP contribution in [0.1, 0.15) is 28.8 Å². The number of hydrazine groups is 1. The quantitative estimate of drug-likeness (QED) is 0.502. The van der Waals surface area contributed by atoms with Gasteiger partial charge in [0.25, 0.3) is 5.91 Å². The first-order valence-electron chi connectivity index (χ1n) is 9.01. The van der Waals surface area contributed by atoms with Gasteiger partial charge in [-0.05, 0) is 43.7 Å². The van der Waals surface area contributed by atoms with E-state index in [9.17, 15) is 18.0 Å². The molecule has 2 aromatic carbocycles. The topological polar surface area (TPSA) is 105 Å². The van der Waals surface area contributed by atoms with E-state index < -0.39 is 15.9 Å². The van der Waals surface area contributed by atoms with Crippen LogP contribution in [0.25, 0.3) is 0 Å². The van der Waals surface area contributed by atoms with E-state index in [4.69, 9.17) is 4.74 Å². The van der Waals surface area contributed by atoms with Crippen LogP contribution in [-0.2, 0) is 14.8 Å². The van der Waals surface area contributed by atoms with Crippen LogP contribution in [0.5, 0.6) is 5.75 Å². The predicted molar refractivity (Wildman–Crippen MR) is 109 cm³/mol. The van der Waals surface area contributed by atoms with E-state index in [1.807, 2.05) is 31.2 Å². The van der Waals surface area contributed by atoms with Crippen LogP contribution in [-0.4, -0.2) is 45.2 Å². The van der Waals surface area contributed by atoms with E-state index in [0.29, 0.717) is 13.0 Å². The zero-order chi connectivity index (χ0) is 21.4. The SMILES string of the molecule is Cc1ccc(OCCCC(=O)NNC(=O)c2cccc(S(=O)(=O)N(C)C)c2)cc1. The van der Waals surface area contributed by atoms with Crippen LogP contribution in [0.3, 0.4) is 0 Å². The molecule has 0 fully saturated rings. The third-order valence-electron chi connectivity index (χ3n) is 4.03. The van der Waals surface area contributed by atoms with Crippen LogP contribution < -0.4 is 15.6 Å². The number of nitrogens with zero attached hydrogens (tertiary/aromatic N) is 1. The first-order valence-corrected chi connectivity index (χ1v) is 10.5. The van der Waals surface area contributed by atoms with Gasteiger partial charge in [-0.25, -0.2) is 12.7 Å². The predicted octanol–water partition coefficient (Wildman–Crippen LogP) is 1.87. The van der Waals surface area contributed by atoms with Crippen molar-refractivity contribution in [3.63, 3.8) is 0 Å². The molecule has 0 spiro atoms. The molecule has 9 heteroatoms. The molecule has 0 unspecified atom stereocenters. The summed E-state index contributed by atoms with van der Waals surface area (Å²) in [6.07, 6.45) is 0.646. The molecule has 0 radical (unpaired) electrons. The fraction of sp³-hybridized carbons (Fsp3) is 0.300. The van der Waals surface area contributed by atoms with Gasteiger partial charge >= 0.3 is 0 Å². The monoisotopic (exact) mass is 419 g/mol. The van der Waals surface area contributed by atoms with E-state index in [-0.39, 0.29) is 22.8 Å². The van der Waals surface area contributed by atoms with Gasteiger partial charge in [-0.2, -0.15) is 0 Å². The van der Waals surface area contributed by atoms with Crippen molar-refractivity contribution >= 4 is 21.8 Å². The first kappa shape index (κ1) is 22.4. The molecule has 2 N–H and O–H groups in total. The Morgan fingerprint density at radius 2 is 1.72 bits per heavy atom. The second kappa shape index (κ2) is 10.0. The molecule has 0 aliphatic heterocycles. The van der Waals surface area contributed by atoms with Gasteiger partial charge in [-0.3, -0.25) is 20.4 Å². The average molecular weight is 420 g/mol. The molecular weight excluding hydrogens is 394 g/mol. The number of rotatable bonds is 8. The Kier molecular flexibility index (Phi) is 7.74. The molecule has 156 valence electrons. The molecule has 0 atom stereocenters. The standard InChI is InChI=1S/C20H25N3O5S/c1-15-9-11-17(12-10-15)28-13-5-8-19(24)21-22-20(25)16-6-4-7-18(14-16)29(26,27)23(2)3/h4,6-7,9-12,14H,5,8,13H2,1-3H3,(H,21,24)(H,22,25). The summed E-state index contributed by atoms with van der Waals surface area (Å²) in [6, 6.07) is 13.2. The average Bonchev–Trinajstić information content (AvgIpc) is 2.70. The number of benzene rings is 2. The fourth-order valence-electron chi connectivity index (χ4n) is 2.33. The molecule has 8 nitrogen and oxygen atoms in total. The van der Waals surface area contributed by atoms with Crippen molar-refractivity contribution in [2.75, 3.05) is 20.7 Å². The highest BCUT2D eigenvalue weighted by atomic mass is 32.2. The van der Waals surface area contributed by atoms with Crippen molar-refractivity contribution in [2.45, 2.75) is 24.7 Å². The van der Waals surface area contributed by atoms with Gasteiger partial charge in [-0.15, -0.1) is 0 Å². The Labute approximate surface area is 170 Å². The number of ether oxygens (including phenoxy) is 1. The molecule has 0 aliphatic rings. The molecule has 2 amide bonds. The molecule has 2 aromatic rings. The van der Waals surface area contributed by atoms with Gasteiger partial charge in [-0.1, -0.05) is 23.8 Å². The van der Waals surface area contributed by atoms with Crippen molar-refractivity contribution in [3.05, 3.63) is 59.7 Å². The summed E-state index contributed by atoms with van der Waals surface area (Å²) in [5.74, 6) is -0.246. The number of aryl methyl sites for hydroxylation is 1. The second-order valence-corrected chi connectivity index (χ2v) is 8.73. The van der Waals surface area contributed by atoms with Crippen molar-refractivity contribution in [3.8, 4) is 5.75 Å². The van der Waals surface area contributed by atoms with Crippen molar-refractivity contribution in [2.24, 2.45) is 0 Å². The van der Waals surface area contributed by atoms with Gasteiger partial charge in [0.05, 0.1) is 11.5 Å². The number of carbonyl (C=O) groups excluding carboxylic acids is 2. The molecule has 29 heavy (non-hydrogen) atoms. The highest BCUT2D eigenvalue weighted by molar-refractivity contribution is 7.89. The van der Waals surface area contributed by atoms with Crippen molar-refractivity contribution in [1.82, 2.24) is 15.2 Å². The molecular formula is C20H25N3O5S. The van der Waals surface area contributed by atoms with Crippen LogP contribution in [0.15, 0.2) is 53.4 Å². The summed E-state index contributed by atoms with van der Waals surface area (Å²) in [5.41, 5.74) is 5.86. The van der Waals surface area contributed by atoms with Crippen LogP contribution in [0.4, 0.5) is 0 Å². The summed E-state index contributed by atoms with van der Waals surface area (Å²) in [5, 5.41) is 0. The summed E-state index contributed by atoms with van der Waals surface area (Å²) < 4.78 is 30.9. The van der Waals surface area contributed by atoms with Crippen LogP contribution in [0, 0.1) is 6.92 Å². The van der Waals surface area contributed by atoms with Crippen molar-refractivity contribution in [1.29, 1.82) is 0 Å². The number of hydrogen-bond donors (Lipinski definition) is 2. The Morgan fingerprint density at radius 1 is 1.03 bits per heavy atom. The van der Waals surface area contributed by atoms with E-state index >= 15 is 0 Å². The molecule has 0 saturated heterocycles. The fourth-order valence-corrected chi connectivity index (χ4v) is 3.28. The Hall–Kier alpha value is -2.91. The Bertz CT molecular complexity index is 956. The minimum atomic E-state index is -3.65. The lowest BCUT2D eigenvalue weighted by molar-refractivity contribution is -0.122. The molecule has 0 aromatic heterocycles. The molecule has 0 bridgehead atoms. The first-order chi connectivity index (χ1) is 13.7. The normalized spacial score (nSPS) is 11.2. The molecule has 2 rings (SSSR count). The largest absolute Gasteiger partial charge is 0.494 e. The minimum Gasteiger partial charge on any atom is -0.494 e. The third-order valence-corrected chi connectivity index (χ3v) is 5.84. The maximum Gasteiger partial charge on any atom is 0.269 e. The van der Waals surface area contributed by atoms with Crippen molar-refractivity contribution < 1.29 is 22.7 Å². The van der Waals surface area contributed by atoms with E-state index in [2.05, 4.69) is 10.9 Å². The lowest BCUT2D eigenvalue weighted by Crippen LogP contribution is -2.41. The maximum absolute atomic E-state index is 12.2. The summed E-state index contributed by atoms with van der Waals surface area (Å²) in [6.45, 7) is 2.36. The number of hydrogen-bond acceptors (Lipinski definition) is 5. The highest BCUT2D eigenvalue weighted by Crippen LogP contribution is 2.15. The number of amides is 2. The molecule has 0 heterocycles. The minimum absolute atomic E-state index is 0.00488. The van der Waals surface area contributed by atoms with Crippen LogP contribution in [0.2, 0.25) is 0 Å². The van der Waals surface area contributed by atoms with E-state index in [1.54, 1.807) is 0 Å². The van der Waals surface area contributed by atoms with E-state index in [1.165, 1.54) is 38.4 Å². The molecule has 0 saturated carbocycles. The number of nitrogens with one attached hydrogen (secondary N) is 2. The Balaban J connectivity index is 1.78. The van der Waals surface area contributed by atoms with Gasteiger partial charge < -0.3 is 4.74 Å². The lowest BCUT2D eigenvalue weighted by Gasteiger charge is -2.12. The second-order valence-electron chi connectivity index (χ2n) is 6.58.